The molecule has 0 radical (unpaired) electrons. The molecular weight excluding hydrogens is 470 g/mol. The Morgan fingerprint density at radius 3 is 2.47 bits per heavy atom. The van der Waals surface area contributed by atoms with Crippen molar-refractivity contribution in [3.05, 3.63) is 74.9 Å². The second kappa shape index (κ2) is 11.3. The molecule has 0 saturated heterocycles. The van der Waals surface area contributed by atoms with E-state index in [4.69, 9.17) is 0 Å². The fourth-order valence-electron chi connectivity index (χ4n) is 4.57. The van der Waals surface area contributed by atoms with Crippen LogP contribution in [0.5, 0.6) is 0 Å². The number of aromatic nitrogens is 2. The minimum atomic E-state index is -0.816. The summed E-state index contributed by atoms with van der Waals surface area (Å²) in [6.45, 7) is -0.418. The van der Waals surface area contributed by atoms with E-state index < -0.39 is 35.3 Å². The van der Waals surface area contributed by atoms with Crippen molar-refractivity contribution >= 4 is 28.4 Å². The van der Waals surface area contributed by atoms with Crippen LogP contribution in [0.1, 0.15) is 44.9 Å². The van der Waals surface area contributed by atoms with Gasteiger partial charge in [-0.15, -0.1) is 0 Å². The summed E-state index contributed by atoms with van der Waals surface area (Å²) in [6.07, 6.45) is 5.46. The van der Waals surface area contributed by atoms with Gasteiger partial charge in [0.2, 0.25) is 11.8 Å². The zero-order chi connectivity index (χ0) is 25.7. The fourth-order valence-corrected chi connectivity index (χ4v) is 4.57. The van der Waals surface area contributed by atoms with E-state index in [0.717, 1.165) is 53.0 Å². The summed E-state index contributed by atoms with van der Waals surface area (Å²) in [5.74, 6) is -2.32. The number of carbonyl (C=O) groups is 2. The number of benzene rings is 2. The average Bonchev–Trinajstić information content (AvgIpc) is 3.36. The molecule has 0 spiro atoms. The zero-order valence-corrected chi connectivity index (χ0v) is 19.8. The van der Waals surface area contributed by atoms with Crippen molar-refractivity contribution in [2.24, 2.45) is 0 Å². The highest BCUT2D eigenvalue weighted by molar-refractivity contribution is 5.91. The molecule has 0 unspecified atom stereocenters. The zero-order valence-electron chi connectivity index (χ0n) is 19.8. The molecule has 10 heteroatoms. The first-order valence-corrected chi connectivity index (χ1v) is 12.1. The van der Waals surface area contributed by atoms with Gasteiger partial charge in [-0.25, -0.2) is 13.6 Å². The fraction of sp³-hybridized carbons (Fsp3) is 0.385. The van der Waals surface area contributed by atoms with Gasteiger partial charge < -0.3 is 10.6 Å². The van der Waals surface area contributed by atoms with Crippen LogP contribution in [0.2, 0.25) is 0 Å². The molecule has 3 aromatic rings. The van der Waals surface area contributed by atoms with Crippen LogP contribution in [0.15, 0.2) is 52.1 Å². The maximum Gasteiger partial charge on any atom is 0.331 e. The number of hydrogen-bond acceptors (Lipinski definition) is 4. The lowest BCUT2D eigenvalue weighted by Gasteiger charge is -2.15. The molecular formula is C26H28F2N4O4. The Hall–Kier alpha value is -3.82. The molecule has 36 heavy (non-hydrogen) atoms. The number of fused-ring (bicyclic) bond motifs is 1. The molecule has 1 fully saturated rings. The molecule has 190 valence electrons. The third kappa shape index (κ3) is 5.87. The second-order valence-corrected chi connectivity index (χ2v) is 9.02. The topological polar surface area (TPSA) is 102 Å². The van der Waals surface area contributed by atoms with Gasteiger partial charge in [0.1, 0.15) is 18.2 Å². The number of carbonyl (C=O) groups excluding carboxylic acids is 2. The van der Waals surface area contributed by atoms with Gasteiger partial charge in [-0.3, -0.25) is 23.5 Å². The lowest BCUT2D eigenvalue weighted by molar-refractivity contribution is -0.122. The summed E-state index contributed by atoms with van der Waals surface area (Å²) >= 11 is 0. The number of rotatable bonds is 9. The minimum absolute atomic E-state index is 0.0357. The molecule has 1 saturated carbocycles. The molecule has 0 bridgehead atoms. The van der Waals surface area contributed by atoms with E-state index in [1.165, 1.54) is 0 Å². The van der Waals surface area contributed by atoms with E-state index in [-0.39, 0.29) is 35.1 Å². The van der Waals surface area contributed by atoms with Crippen molar-refractivity contribution in [2.45, 2.75) is 64.1 Å². The van der Waals surface area contributed by atoms with E-state index >= 15 is 0 Å². The van der Waals surface area contributed by atoms with Crippen molar-refractivity contribution in [1.82, 2.24) is 14.5 Å². The van der Waals surface area contributed by atoms with Gasteiger partial charge in [0.15, 0.2) is 0 Å². The summed E-state index contributed by atoms with van der Waals surface area (Å²) in [4.78, 5) is 51.0. The second-order valence-electron chi connectivity index (χ2n) is 9.02. The standard InChI is InChI=1S/C26H28F2N4O4/c27-17-12-13-20(28)21(15-17)30-24(34)16-32-22-10-4-3-9-19(22)25(35)31(26(32)36)14-6-5-11-23(33)29-18-7-1-2-8-18/h3-4,9-10,12-13,15,18H,1-2,5-8,11,14,16H2,(H,29,33)(H,30,34). The number of anilines is 1. The highest BCUT2D eigenvalue weighted by Crippen LogP contribution is 2.18. The molecule has 0 aliphatic heterocycles. The van der Waals surface area contributed by atoms with E-state index in [1.807, 2.05) is 0 Å². The maximum atomic E-state index is 13.9. The Bertz CT molecular complexity index is 1390. The molecule has 1 aromatic heterocycles. The highest BCUT2D eigenvalue weighted by Gasteiger charge is 2.18. The van der Waals surface area contributed by atoms with Crippen molar-refractivity contribution in [1.29, 1.82) is 0 Å². The molecule has 1 heterocycles. The van der Waals surface area contributed by atoms with Crippen LogP contribution >= 0.6 is 0 Å². The van der Waals surface area contributed by atoms with Crippen LogP contribution < -0.4 is 21.9 Å². The summed E-state index contributed by atoms with van der Waals surface area (Å²) in [5, 5.41) is 5.54. The number of nitrogens with zero attached hydrogens (tertiary/aromatic N) is 2. The van der Waals surface area contributed by atoms with Crippen molar-refractivity contribution < 1.29 is 18.4 Å². The van der Waals surface area contributed by atoms with Gasteiger partial charge in [-0.1, -0.05) is 25.0 Å². The van der Waals surface area contributed by atoms with Crippen LogP contribution in [-0.2, 0) is 22.7 Å². The van der Waals surface area contributed by atoms with E-state index in [1.54, 1.807) is 24.3 Å². The third-order valence-corrected chi connectivity index (χ3v) is 6.39. The maximum absolute atomic E-state index is 13.9. The number of amides is 2. The predicted octanol–water partition coefficient (Wildman–Crippen LogP) is 3.31. The van der Waals surface area contributed by atoms with Crippen molar-refractivity contribution in [3.8, 4) is 0 Å². The van der Waals surface area contributed by atoms with Crippen LogP contribution in [-0.4, -0.2) is 27.0 Å². The molecule has 4 rings (SSSR count). The van der Waals surface area contributed by atoms with Crippen LogP contribution in [0.25, 0.3) is 10.9 Å². The Balaban J connectivity index is 1.49. The number of unbranched alkanes of at least 4 members (excludes halogenated alkanes) is 1. The largest absolute Gasteiger partial charge is 0.353 e. The van der Waals surface area contributed by atoms with Crippen molar-refractivity contribution in [3.63, 3.8) is 0 Å². The van der Waals surface area contributed by atoms with Crippen LogP contribution in [0.3, 0.4) is 0 Å². The van der Waals surface area contributed by atoms with Crippen LogP contribution in [0.4, 0.5) is 14.5 Å². The van der Waals surface area contributed by atoms with Gasteiger partial charge in [0, 0.05) is 25.1 Å². The highest BCUT2D eigenvalue weighted by atomic mass is 19.1. The Morgan fingerprint density at radius 2 is 1.69 bits per heavy atom. The number of hydrogen-bond donors (Lipinski definition) is 2. The van der Waals surface area contributed by atoms with E-state index in [9.17, 15) is 28.0 Å². The quantitative estimate of drug-likeness (QED) is 0.442. The first-order chi connectivity index (χ1) is 17.3. The predicted molar refractivity (Wildman–Crippen MR) is 132 cm³/mol. The van der Waals surface area contributed by atoms with E-state index in [0.29, 0.717) is 19.3 Å². The average molecular weight is 499 g/mol. The Labute approximate surface area is 205 Å². The van der Waals surface area contributed by atoms with Gasteiger partial charge in [-0.2, -0.15) is 0 Å². The first-order valence-electron chi connectivity index (χ1n) is 12.1. The summed E-state index contributed by atoms with van der Waals surface area (Å²) in [7, 11) is 0. The van der Waals surface area contributed by atoms with Gasteiger partial charge in [0.25, 0.3) is 5.56 Å². The summed E-state index contributed by atoms with van der Waals surface area (Å²) in [5.41, 5.74) is -1.26. The summed E-state index contributed by atoms with van der Waals surface area (Å²) in [6, 6.07) is 9.29. The monoisotopic (exact) mass is 498 g/mol. The number of nitrogens with one attached hydrogen (secondary N) is 2. The SMILES string of the molecule is O=C(Cn1c(=O)n(CCCCC(=O)NC2CCCC2)c(=O)c2ccccc21)Nc1cc(F)ccc1F. The smallest absolute Gasteiger partial charge is 0.331 e. The van der Waals surface area contributed by atoms with Crippen molar-refractivity contribution in [2.75, 3.05) is 5.32 Å². The van der Waals surface area contributed by atoms with E-state index in [2.05, 4.69) is 10.6 Å². The Kier molecular flexibility index (Phi) is 7.92. The lowest BCUT2D eigenvalue weighted by Crippen LogP contribution is -2.41. The molecule has 2 aromatic carbocycles. The normalized spacial score (nSPS) is 13.7. The molecule has 2 amide bonds. The third-order valence-electron chi connectivity index (χ3n) is 6.39. The summed E-state index contributed by atoms with van der Waals surface area (Å²) < 4.78 is 29.6. The van der Waals surface area contributed by atoms with Crippen LogP contribution in [0, 0.1) is 11.6 Å². The van der Waals surface area contributed by atoms with Gasteiger partial charge in [-0.05, 0) is 49.9 Å². The molecule has 0 atom stereocenters. The molecule has 1 aliphatic rings. The Morgan fingerprint density at radius 1 is 0.944 bits per heavy atom. The number of halogens is 2. The van der Waals surface area contributed by atoms with Gasteiger partial charge >= 0.3 is 5.69 Å². The molecule has 8 nitrogen and oxygen atoms in total. The molecule has 2 N–H and O–H groups in total. The number of para-hydroxylation sites is 1. The lowest BCUT2D eigenvalue weighted by atomic mass is 10.2. The first kappa shape index (κ1) is 25.3. The molecule has 1 aliphatic carbocycles. The minimum Gasteiger partial charge on any atom is -0.353 e. The van der Waals surface area contributed by atoms with Gasteiger partial charge in [0.05, 0.1) is 16.6 Å².